The van der Waals surface area contributed by atoms with Gasteiger partial charge in [-0.1, -0.05) is 17.7 Å². The lowest BCUT2D eigenvalue weighted by molar-refractivity contribution is 0.134. The summed E-state index contributed by atoms with van der Waals surface area (Å²) in [7, 11) is 3.77. The molecule has 0 spiro atoms. The number of benzene rings is 1. The van der Waals surface area contributed by atoms with Gasteiger partial charge in [-0.05, 0) is 26.2 Å². The average Bonchev–Trinajstić information content (AvgIpc) is 2.21. The average molecular weight is 261 g/mol. The van der Waals surface area contributed by atoms with Crippen molar-refractivity contribution in [2.75, 3.05) is 27.2 Å². The van der Waals surface area contributed by atoms with Gasteiger partial charge in [-0.15, -0.1) is 0 Å². The molecule has 0 amide bonds. The molecule has 0 aromatic heterocycles. The van der Waals surface area contributed by atoms with E-state index in [0.29, 0.717) is 30.2 Å². The number of likely N-dealkylation sites (N-methyl/N-ethyl adjacent to an activating group) is 1. The van der Waals surface area contributed by atoms with E-state index in [1.165, 1.54) is 6.07 Å². The summed E-state index contributed by atoms with van der Waals surface area (Å²) in [6.45, 7) is 1.29. The second kappa shape index (κ2) is 6.91. The highest BCUT2D eigenvalue weighted by atomic mass is 35.5. The molecule has 0 saturated heterocycles. The molecule has 1 aromatic carbocycles. The molecule has 0 aliphatic heterocycles. The van der Waals surface area contributed by atoms with Gasteiger partial charge in [0.05, 0.1) is 6.10 Å². The molecule has 0 heterocycles. The normalized spacial score (nSPS) is 13.1. The number of nitrogens with one attached hydrogen (secondary N) is 1. The third kappa shape index (κ3) is 5.00. The quantitative estimate of drug-likeness (QED) is 0.814. The number of nitrogens with zero attached hydrogens (tertiary/aromatic N) is 1. The van der Waals surface area contributed by atoms with Crippen molar-refractivity contribution in [2.24, 2.45) is 0 Å². The number of aliphatic hydroxyl groups excluding tert-OH is 1. The maximum Gasteiger partial charge on any atom is 0.129 e. The topological polar surface area (TPSA) is 35.5 Å². The summed E-state index contributed by atoms with van der Waals surface area (Å²) in [5.41, 5.74) is 0.436. The van der Waals surface area contributed by atoms with Gasteiger partial charge in [0.2, 0.25) is 0 Å². The molecule has 0 aliphatic rings. The van der Waals surface area contributed by atoms with Crippen molar-refractivity contribution < 1.29 is 9.50 Å². The molecule has 0 radical (unpaired) electrons. The first kappa shape index (κ1) is 14.4. The lowest BCUT2D eigenvalue weighted by Crippen LogP contribution is -2.34. The van der Waals surface area contributed by atoms with E-state index < -0.39 is 6.10 Å². The number of rotatable bonds is 6. The zero-order chi connectivity index (χ0) is 12.8. The van der Waals surface area contributed by atoms with Crippen LogP contribution in [0.25, 0.3) is 0 Å². The molecule has 3 nitrogen and oxygen atoms in total. The molecule has 17 heavy (non-hydrogen) atoms. The Balaban J connectivity index is 2.41. The van der Waals surface area contributed by atoms with Crippen molar-refractivity contribution in [3.8, 4) is 0 Å². The Morgan fingerprint density at radius 1 is 1.47 bits per heavy atom. The maximum absolute atomic E-state index is 13.4. The van der Waals surface area contributed by atoms with E-state index in [4.69, 9.17) is 11.6 Å². The third-order valence-electron chi connectivity index (χ3n) is 2.32. The molecule has 0 aliphatic carbocycles. The highest BCUT2D eigenvalue weighted by molar-refractivity contribution is 6.31. The van der Waals surface area contributed by atoms with Crippen LogP contribution in [0.3, 0.4) is 0 Å². The van der Waals surface area contributed by atoms with Gasteiger partial charge in [0.25, 0.3) is 0 Å². The standard InChI is InChI=1S/C12H18ClFN2O/c1-16(2)8-9(17)6-15-7-10-11(13)4-3-5-12(10)14/h3-5,9,15,17H,6-8H2,1-2H3. The molecule has 0 fully saturated rings. The molecule has 1 unspecified atom stereocenters. The van der Waals surface area contributed by atoms with Gasteiger partial charge in [-0.25, -0.2) is 4.39 Å². The largest absolute Gasteiger partial charge is 0.390 e. The Morgan fingerprint density at radius 3 is 2.76 bits per heavy atom. The minimum absolute atomic E-state index is 0.315. The second-order valence-corrected chi connectivity index (χ2v) is 4.65. The zero-order valence-electron chi connectivity index (χ0n) is 10.1. The summed E-state index contributed by atoms with van der Waals surface area (Å²) in [6, 6.07) is 4.60. The minimum Gasteiger partial charge on any atom is -0.390 e. The second-order valence-electron chi connectivity index (χ2n) is 4.25. The Bertz CT molecular complexity index is 340. The molecule has 1 atom stereocenters. The first-order valence-electron chi connectivity index (χ1n) is 5.47. The van der Waals surface area contributed by atoms with Gasteiger partial charge in [0, 0.05) is 30.2 Å². The van der Waals surface area contributed by atoms with E-state index in [9.17, 15) is 9.50 Å². The van der Waals surface area contributed by atoms with Gasteiger partial charge in [0.1, 0.15) is 5.82 Å². The summed E-state index contributed by atoms with van der Waals surface area (Å²) < 4.78 is 13.4. The van der Waals surface area contributed by atoms with Crippen LogP contribution in [0.2, 0.25) is 5.02 Å². The molecular formula is C12H18ClFN2O. The number of halogens is 2. The van der Waals surface area contributed by atoms with Crippen LogP contribution in [0, 0.1) is 5.82 Å². The number of hydrogen-bond donors (Lipinski definition) is 2. The van der Waals surface area contributed by atoms with E-state index in [2.05, 4.69) is 5.32 Å². The van der Waals surface area contributed by atoms with Crippen molar-refractivity contribution >= 4 is 11.6 Å². The Morgan fingerprint density at radius 2 is 2.18 bits per heavy atom. The van der Waals surface area contributed by atoms with Gasteiger partial charge in [0.15, 0.2) is 0 Å². The van der Waals surface area contributed by atoms with Crippen LogP contribution in [0.4, 0.5) is 4.39 Å². The van der Waals surface area contributed by atoms with Crippen molar-refractivity contribution in [3.63, 3.8) is 0 Å². The van der Waals surface area contributed by atoms with Crippen LogP contribution in [-0.2, 0) is 6.54 Å². The summed E-state index contributed by atoms with van der Waals surface area (Å²) in [4.78, 5) is 1.89. The van der Waals surface area contributed by atoms with Crippen molar-refractivity contribution in [3.05, 3.63) is 34.6 Å². The predicted octanol–water partition coefficient (Wildman–Crippen LogP) is 1.49. The Labute approximate surface area is 106 Å². The van der Waals surface area contributed by atoms with Crippen molar-refractivity contribution in [2.45, 2.75) is 12.6 Å². The molecule has 0 saturated carbocycles. The first-order valence-corrected chi connectivity index (χ1v) is 5.85. The van der Waals surface area contributed by atoms with E-state index in [-0.39, 0.29) is 5.82 Å². The Hall–Kier alpha value is -0.680. The smallest absolute Gasteiger partial charge is 0.129 e. The number of aliphatic hydroxyl groups is 1. The van der Waals surface area contributed by atoms with E-state index in [1.54, 1.807) is 12.1 Å². The van der Waals surface area contributed by atoms with Crippen LogP contribution in [0.1, 0.15) is 5.56 Å². The van der Waals surface area contributed by atoms with Crippen LogP contribution in [0.5, 0.6) is 0 Å². The lowest BCUT2D eigenvalue weighted by Gasteiger charge is -2.16. The molecule has 1 aromatic rings. The number of hydrogen-bond acceptors (Lipinski definition) is 3. The molecular weight excluding hydrogens is 243 g/mol. The van der Waals surface area contributed by atoms with Crippen molar-refractivity contribution in [1.29, 1.82) is 0 Å². The summed E-state index contributed by atoms with van der Waals surface area (Å²) in [6.07, 6.45) is -0.476. The summed E-state index contributed by atoms with van der Waals surface area (Å²) in [5.74, 6) is -0.327. The maximum atomic E-state index is 13.4. The van der Waals surface area contributed by atoms with Crippen LogP contribution in [0.15, 0.2) is 18.2 Å². The van der Waals surface area contributed by atoms with Crippen LogP contribution >= 0.6 is 11.6 Å². The lowest BCUT2D eigenvalue weighted by atomic mass is 10.2. The molecule has 5 heteroatoms. The van der Waals surface area contributed by atoms with E-state index in [1.807, 2.05) is 19.0 Å². The Kier molecular flexibility index (Phi) is 5.85. The highest BCUT2D eigenvalue weighted by Crippen LogP contribution is 2.18. The third-order valence-corrected chi connectivity index (χ3v) is 2.67. The SMILES string of the molecule is CN(C)CC(O)CNCc1c(F)cccc1Cl. The van der Waals surface area contributed by atoms with E-state index >= 15 is 0 Å². The molecule has 1 rings (SSSR count). The fraction of sp³-hybridized carbons (Fsp3) is 0.500. The first-order chi connectivity index (χ1) is 8.00. The minimum atomic E-state index is -0.476. The van der Waals surface area contributed by atoms with Gasteiger partial charge >= 0.3 is 0 Å². The van der Waals surface area contributed by atoms with Crippen LogP contribution in [-0.4, -0.2) is 43.3 Å². The van der Waals surface area contributed by atoms with Gasteiger partial charge < -0.3 is 15.3 Å². The van der Waals surface area contributed by atoms with Crippen LogP contribution < -0.4 is 5.32 Å². The fourth-order valence-electron chi connectivity index (χ4n) is 1.55. The molecule has 0 bridgehead atoms. The monoisotopic (exact) mass is 260 g/mol. The summed E-state index contributed by atoms with van der Waals surface area (Å²) in [5, 5.41) is 13.0. The highest BCUT2D eigenvalue weighted by Gasteiger charge is 2.08. The van der Waals surface area contributed by atoms with Crippen molar-refractivity contribution in [1.82, 2.24) is 10.2 Å². The predicted molar refractivity (Wildman–Crippen MR) is 67.7 cm³/mol. The molecule has 96 valence electrons. The summed E-state index contributed by atoms with van der Waals surface area (Å²) >= 11 is 5.88. The van der Waals surface area contributed by atoms with E-state index in [0.717, 1.165) is 0 Å². The van der Waals surface area contributed by atoms with Gasteiger partial charge in [-0.2, -0.15) is 0 Å². The van der Waals surface area contributed by atoms with Gasteiger partial charge in [-0.3, -0.25) is 0 Å². The zero-order valence-corrected chi connectivity index (χ0v) is 10.8. The molecule has 2 N–H and O–H groups in total. The fourth-order valence-corrected chi connectivity index (χ4v) is 1.78.